The maximum absolute atomic E-state index is 12.6. The molecule has 1 fully saturated rings. The Morgan fingerprint density at radius 3 is 2.31 bits per heavy atom. The number of carbonyl (C=O) groups is 4. The lowest BCUT2D eigenvalue weighted by Gasteiger charge is -2.19. The van der Waals surface area contributed by atoms with E-state index in [1.54, 1.807) is 24.3 Å². The van der Waals surface area contributed by atoms with Crippen molar-refractivity contribution in [1.82, 2.24) is 0 Å². The normalized spacial score (nSPS) is 14.6. The number of anilines is 1. The largest absolute Gasteiger partial charge is 0.494 e. The van der Waals surface area contributed by atoms with Gasteiger partial charge in [0.2, 0.25) is 5.91 Å². The molecule has 0 radical (unpaired) electrons. The van der Waals surface area contributed by atoms with E-state index in [4.69, 9.17) is 14.2 Å². The molecule has 11 nitrogen and oxygen atoms in total. The van der Waals surface area contributed by atoms with E-state index in [2.05, 4.69) is 0 Å². The minimum absolute atomic E-state index is 0.0267. The third kappa shape index (κ3) is 6.27. The van der Waals surface area contributed by atoms with Gasteiger partial charge in [-0.15, -0.1) is 0 Å². The lowest BCUT2D eigenvalue weighted by atomic mass is 10.1. The van der Waals surface area contributed by atoms with Crippen LogP contribution in [-0.4, -0.2) is 48.8 Å². The summed E-state index contributed by atoms with van der Waals surface area (Å²) >= 11 is 0. The van der Waals surface area contributed by atoms with Crippen molar-refractivity contribution >= 4 is 35.0 Å². The molecule has 4 rings (SSSR count). The number of nitrogens with zero attached hydrogens (tertiary/aromatic N) is 2. The molecular formula is C28H24N2O9. The molecule has 0 bridgehead atoms. The number of methoxy groups -OCH3 is 1. The summed E-state index contributed by atoms with van der Waals surface area (Å²) in [6, 6.07) is 16.6. The Kier molecular flexibility index (Phi) is 7.99. The zero-order valence-electron chi connectivity index (χ0n) is 21.1. The average molecular weight is 533 g/mol. The summed E-state index contributed by atoms with van der Waals surface area (Å²) in [6.45, 7) is 1.34. The first kappa shape index (κ1) is 27.0. The highest BCUT2D eigenvalue weighted by Crippen LogP contribution is 2.36. The van der Waals surface area contributed by atoms with Gasteiger partial charge in [-0.25, -0.2) is 4.79 Å². The molecule has 0 aromatic heterocycles. The van der Waals surface area contributed by atoms with Gasteiger partial charge in [0.15, 0.2) is 12.4 Å². The summed E-state index contributed by atoms with van der Waals surface area (Å²) in [6.07, 6.45) is -0.145. The number of ether oxygens (including phenoxy) is 3. The first-order valence-electron chi connectivity index (χ1n) is 11.9. The summed E-state index contributed by atoms with van der Waals surface area (Å²) in [4.78, 5) is 61.7. The monoisotopic (exact) mass is 532 g/mol. The molecule has 1 heterocycles. The van der Waals surface area contributed by atoms with Crippen molar-refractivity contribution < 1.29 is 38.3 Å². The van der Waals surface area contributed by atoms with Gasteiger partial charge in [0, 0.05) is 24.6 Å². The second-order valence-electron chi connectivity index (χ2n) is 8.83. The quantitative estimate of drug-likeness (QED) is 0.132. The molecule has 39 heavy (non-hydrogen) atoms. The lowest BCUT2D eigenvalue weighted by Crippen LogP contribution is -2.27. The molecule has 1 atom stereocenters. The summed E-state index contributed by atoms with van der Waals surface area (Å²) in [5.74, 6) is -2.56. The van der Waals surface area contributed by atoms with Crippen LogP contribution in [0.3, 0.4) is 0 Å². The Balaban J connectivity index is 1.32. The molecule has 3 aromatic rings. The number of benzene rings is 3. The molecule has 0 spiro atoms. The number of rotatable bonds is 9. The zero-order valence-corrected chi connectivity index (χ0v) is 21.1. The highest BCUT2D eigenvalue weighted by atomic mass is 16.6. The highest BCUT2D eigenvalue weighted by molar-refractivity contribution is 6.02. The van der Waals surface area contributed by atoms with Crippen LogP contribution in [0.25, 0.3) is 0 Å². The maximum Gasteiger partial charge on any atom is 0.343 e. The number of hydrogen-bond donors (Lipinski definition) is 0. The number of ketones is 1. The number of carbonyl (C=O) groups excluding carboxylic acids is 4. The number of hydrogen-bond acceptors (Lipinski definition) is 9. The Labute approximate surface area is 223 Å². The van der Waals surface area contributed by atoms with Crippen LogP contribution in [0.4, 0.5) is 11.4 Å². The standard InChI is InChI=1S/C28H24N2O9/c1-17-3-5-19(6-4-17)28(34)39-22-10-7-18(8-11-22)24(31)16-38-27(33)20-13-26(32)29(15-20)23-12-9-21(30(35)36)14-25(23)37-2/h3-12,14,20H,13,15-16H2,1-2H3/t20-/m1/s1. The molecule has 1 amide bonds. The minimum atomic E-state index is -0.825. The van der Waals surface area contributed by atoms with Crippen LogP contribution in [0.15, 0.2) is 66.7 Å². The predicted molar refractivity (Wildman–Crippen MR) is 138 cm³/mol. The van der Waals surface area contributed by atoms with Crippen LogP contribution < -0.4 is 14.4 Å². The number of amides is 1. The minimum Gasteiger partial charge on any atom is -0.494 e. The van der Waals surface area contributed by atoms with Gasteiger partial charge in [0.25, 0.3) is 5.69 Å². The topological polar surface area (TPSA) is 142 Å². The van der Waals surface area contributed by atoms with E-state index >= 15 is 0 Å². The predicted octanol–water partition coefficient (Wildman–Crippen LogP) is 3.91. The number of esters is 2. The number of aryl methyl sites for hydroxylation is 1. The summed E-state index contributed by atoms with van der Waals surface area (Å²) in [5, 5.41) is 11.0. The molecule has 11 heteroatoms. The summed E-state index contributed by atoms with van der Waals surface area (Å²) in [5.41, 5.74) is 1.75. The molecule has 0 unspecified atom stereocenters. The first-order chi connectivity index (χ1) is 18.7. The zero-order chi connectivity index (χ0) is 28.1. The summed E-state index contributed by atoms with van der Waals surface area (Å²) < 4.78 is 15.7. The van der Waals surface area contributed by atoms with Gasteiger partial charge in [-0.1, -0.05) is 17.7 Å². The lowest BCUT2D eigenvalue weighted by molar-refractivity contribution is -0.384. The van der Waals surface area contributed by atoms with Gasteiger partial charge >= 0.3 is 11.9 Å². The molecule has 0 aliphatic carbocycles. The SMILES string of the molecule is COc1cc([N+](=O)[O-])ccc1N1C[C@H](C(=O)OCC(=O)c2ccc(OC(=O)c3ccc(C)cc3)cc2)CC1=O. The van der Waals surface area contributed by atoms with Gasteiger partial charge < -0.3 is 19.1 Å². The van der Waals surface area contributed by atoms with Crippen LogP contribution in [-0.2, 0) is 14.3 Å². The van der Waals surface area contributed by atoms with E-state index in [-0.39, 0.29) is 41.6 Å². The molecule has 1 aliphatic heterocycles. The molecule has 0 N–H and O–H groups in total. The van der Waals surface area contributed by atoms with Crippen LogP contribution >= 0.6 is 0 Å². The third-order valence-electron chi connectivity index (χ3n) is 6.14. The van der Waals surface area contributed by atoms with Crippen molar-refractivity contribution in [3.63, 3.8) is 0 Å². The van der Waals surface area contributed by atoms with Crippen molar-refractivity contribution in [2.24, 2.45) is 5.92 Å². The van der Waals surface area contributed by atoms with Gasteiger partial charge in [0.05, 0.1) is 35.3 Å². The van der Waals surface area contributed by atoms with Crippen molar-refractivity contribution in [2.45, 2.75) is 13.3 Å². The van der Waals surface area contributed by atoms with Crippen molar-refractivity contribution in [2.75, 3.05) is 25.2 Å². The van der Waals surface area contributed by atoms with E-state index in [1.165, 1.54) is 54.5 Å². The number of non-ortho nitro benzene ring substituents is 1. The Bertz CT molecular complexity index is 1430. The molecule has 1 aliphatic rings. The Morgan fingerprint density at radius 1 is 1.00 bits per heavy atom. The Morgan fingerprint density at radius 2 is 1.67 bits per heavy atom. The van der Waals surface area contributed by atoms with Crippen molar-refractivity contribution in [1.29, 1.82) is 0 Å². The van der Waals surface area contributed by atoms with Crippen LogP contribution in [0.1, 0.15) is 32.7 Å². The fourth-order valence-corrected chi connectivity index (χ4v) is 4.00. The van der Waals surface area contributed by atoms with E-state index < -0.39 is 35.2 Å². The molecule has 3 aromatic carbocycles. The van der Waals surface area contributed by atoms with Gasteiger partial charge in [0.1, 0.15) is 11.5 Å². The van der Waals surface area contributed by atoms with Gasteiger partial charge in [-0.2, -0.15) is 0 Å². The van der Waals surface area contributed by atoms with Crippen LogP contribution in [0.5, 0.6) is 11.5 Å². The van der Waals surface area contributed by atoms with Crippen molar-refractivity contribution in [3.8, 4) is 11.5 Å². The van der Waals surface area contributed by atoms with E-state index in [1.807, 2.05) is 6.92 Å². The molecule has 200 valence electrons. The summed E-state index contributed by atoms with van der Waals surface area (Å²) in [7, 11) is 1.32. The first-order valence-corrected chi connectivity index (χ1v) is 11.9. The third-order valence-corrected chi connectivity index (χ3v) is 6.14. The van der Waals surface area contributed by atoms with E-state index in [9.17, 15) is 29.3 Å². The molecule has 0 saturated carbocycles. The second-order valence-corrected chi connectivity index (χ2v) is 8.83. The fraction of sp³-hybridized carbons (Fsp3) is 0.214. The van der Waals surface area contributed by atoms with E-state index in [0.717, 1.165) is 5.56 Å². The fourth-order valence-electron chi connectivity index (χ4n) is 4.00. The number of Topliss-reactive ketones (excluding diaryl/α,β-unsaturated/α-hetero) is 1. The van der Waals surface area contributed by atoms with Gasteiger partial charge in [-0.3, -0.25) is 24.5 Å². The molecular weight excluding hydrogens is 508 g/mol. The van der Waals surface area contributed by atoms with E-state index in [0.29, 0.717) is 11.3 Å². The average Bonchev–Trinajstić information content (AvgIpc) is 3.33. The van der Waals surface area contributed by atoms with Crippen LogP contribution in [0, 0.1) is 23.0 Å². The maximum atomic E-state index is 12.6. The second kappa shape index (κ2) is 11.5. The number of nitro groups is 1. The molecule has 1 saturated heterocycles. The van der Waals surface area contributed by atoms with Gasteiger partial charge in [-0.05, 0) is 49.4 Å². The van der Waals surface area contributed by atoms with Crippen molar-refractivity contribution in [3.05, 3.63) is 93.5 Å². The smallest absolute Gasteiger partial charge is 0.343 e. The highest BCUT2D eigenvalue weighted by Gasteiger charge is 2.37. The Hall–Kier alpha value is -5.06. The number of nitro benzene ring substituents is 1. The van der Waals surface area contributed by atoms with Crippen LogP contribution in [0.2, 0.25) is 0 Å².